The molecule has 0 aliphatic heterocycles. The molecule has 0 fully saturated rings. The Bertz CT molecular complexity index is 577. The molecule has 3 N–H and O–H groups in total. The van der Waals surface area contributed by atoms with Gasteiger partial charge in [-0.3, -0.25) is 10.8 Å². The van der Waals surface area contributed by atoms with E-state index < -0.39 is 0 Å². The second-order valence-electron chi connectivity index (χ2n) is 4.66. The Labute approximate surface area is 123 Å². The molecule has 2 atom stereocenters. The number of nitrogens with one attached hydrogen (secondary N) is 1. The largest absolute Gasteiger partial charge is 0.489 e. The summed E-state index contributed by atoms with van der Waals surface area (Å²) in [5.74, 6) is 6.39. The van der Waals surface area contributed by atoms with Gasteiger partial charge in [0.15, 0.2) is 0 Å². The van der Waals surface area contributed by atoms with Crippen LogP contribution in [0.15, 0.2) is 42.7 Å². The molecular formula is C15H18ClN3O. The molecular weight excluding hydrogens is 274 g/mol. The third-order valence-corrected chi connectivity index (χ3v) is 3.42. The predicted molar refractivity (Wildman–Crippen MR) is 80.6 cm³/mol. The first-order valence-corrected chi connectivity index (χ1v) is 6.78. The molecule has 0 radical (unpaired) electrons. The fourth-order valence-electron chi connectivity index (χ4n) is 2.10. The summed E-state index contributed by atoms with van der Waals surface area (Å²) in [6.07, 6.45) is 3.40. The van der Waals surface area contributed by atoms with Gasteiger partial charge in [0.25, 0.3) is 0 Å². The van der Waals surface area contributed by atoms with Gasteiger partial charge >= 0.3 is 0 Å². The second kappa shape index (κ2) is 6.70. The minimum Gasteiger partial charge on any atom is -0.489 e. The average Bonchev–Trinajstić information content (AvgIpc) is 2.41. The molecule has 0 saturated heterocycles. The van der Waals surface area contributed by atoms with Crippen molar-refractivity contribution in [2.45, 2.75) is 26.0 Å². The van der Waals surface area contributed by atoms with E-state index in [0.717, 1.165) is 11.1 Å². The molecule has 0 bridgehead atoms. The maximum atomic E-state index is 5.95. The van der Waals surface area contributed by atoms with Crippen LogP contribution in [0, 0.1) is 6.92 Å². The maximum Gasteiger partial charge on any atom is 0.121 e. The number of pyridine rings is 1. The van der Waals surface area contributed by atoms with Crippen molar-refractivity contribution in [1.29, 1.82) is 0 Å². The summed E-state index contributed by atoms with van der Waals surface area (Å²) in [7, 11) is 0. The number of ether oxygens (including phenoxy) is 1. The quantitative estimate of drug-likeness (QED) is 0.657. The molecule has 20 heavy (non-hydrogen) atoms. The highest BCUT2D eigenvalue weighted by molar-refractivity contribution is 6.30. The number of hydrogen-bond acceptors (Lipinski definition) is 4. The second-order valence-corrected chi connectivity index (χ2v) is 5.09. The van der Waals surface area contributed by atoms with Gasteiger partial charge < -0.3 is 4.74 Å². The summed E-state index contributed by atoms with van der Waals surface area (Å²) in [5, 5.41) is 0.643. The molecule has 2 aromatic rings. The lowest BCUT2D eigenvalue weighted by atomic mass is 10.0. The van der Waals surface area contributed by atoms with Crippen molar-refractivity contribution in [2.75, 3.05) is 0 Å². The van der Waals surface area contributed by atoms with Crippen LogP contribution < -0.4 is 16.0 Å². The Hall–Kier alpha value is -1.62. The van der Waals surface area contributed by atoms with Crippen molar-refractivity contribution in [1.82, 2.24) is 10.4 Å². The molecule has 0 amide bonds. The Balaban J connectivity index is 2.18. The lowest BCUT2D eigenvalue weighted by molar-refractivity contribution is 0.170. The summed E-state index contributed by atoms with van der Waals surface area (Å²) < 4.78 is 5.90. The van der Waals surface area contributed by atoms with Crippen molar-refractivity contribution in [3.8, 4) is 5.75 Å². The van der Waals surface area contributed by atoms with Gasteiger partial charge in [-0.2, -0.15) is 0 Å². The number of nitrogens with two attached hydrogens (primary N) is 1. The number of benzene rings is 1. The third-order valence-electron chi connectivity index (χ3n) is 3.18. The monoisotopic (exact) mass is 291 g/mol. The van der Waals surface area contributed by atoms with Gasteiger partial charge in [-0.05, 0) is 49.2 Å². The molecule has 1 aromatic carbocycles. The van der Waals surface area contributed by atoms with E-state index >= 15 is 0 Å². The Morgan fingerprint density at radius 3 is 2.80 bits per heavy atom. The van der Waals surface area contributed by atoms with Crippen molar-refractivity contribution in [3.05, 3.63) is 58.9 Å². The fourth-order valence-corrected chi connectivity index (χ4v) is 2.28. The minimum atomic E-state index is -0.165. The lowest BCUT2D eigenvalue weighted by Gasteiger charge is -2.25. The number of aryl methyl sites for hydroxylation is 1. The van der Waals surface area contributed by atoms with Gasteiger partial charge in [0, 0.05) is 17.4 Å². The SMILES string of the molecule is Cc1ccncc1C(NN)C(C)Oc1cccc(Cl)c1. The van der Waals surface area contributed by atoms with Crippen molar-refractivity contribution in [3.63, 3.8) is 0 Å². The van der Waals surface area contributed by atoms with Crippen molar-refractivity contribution >= 4 is 11.6 Å². The number of rotatable bonds is 5. The summed E-state index contributed by atoms with van der Waals surface area (Å²) in [5.41, 5.74) is 4.93. The summed E-state index contributed by atoms with van der Waals surface area (Å²) in [4.78, 5) is 4.15. The Kier molecular flexibility index (Phi) is 4.95. The number of halogens is 1. The first-order valence-electron chi connectivity index (χ1n) is 6.40. The molecule has 0 spiro atoms. The van der Waals surface area contributed by atoms with Crippen LogP contribution in [-0.2, 0) is 0 Å². The smallest absolute Gasteiger partial charge is 0.121 e. The van der Waals surface area contributed by atoms with Gasteiger partial charge in [-0.1, -0.05) is 17.7 Å². The number of aromatic nitrogens is 1. The van der Waals surface area contributed by atoms with Gasteiger partial charge in [-0.25, -0.2) is 5.43 Å². The van der Waals surface area contributed by atoms with Crippen LogP contribution in [-0.4, -0.2) is 11.1 Å². The molecule has 5 heteroatoms. The minimum absolute atomic E-state index is 0.150. The fraction of sp³-hybridized carbons (Fsp3) is 0.267. The average molecular weight is 292 g/mol. The van der Waals surface area contributed by atoms with Crippen LogP contribution in [0.3, 0.4) is 0 Å². The van der Waals surface area contributed by atoms with Gasteiger partial charge in [0.05, 0.1) is 6.04 Å². The zero-order valence-corrected chi connectivity index (χ0v) is 12.3. The van der Waals surface area contributed by atoms with Crippen LogP contribution in [0.5, 0.6) is 5.75 Å². The molecule has 0 aliphatic rings. The molecule has 1 heterocycles. The first kappa shape index (κ1) is 14.8. The van der Waals surface area contributed by atoms with Crippen molar-refractivity contribution < 1.29 is 4.74 Å². The van der Waals surface area contributed by atoms with E-state index in [0.29, 0.717) is 10.8 Å². The van der Waals surface area contributed by atoms with Gasteiger partial charge in [0.1, 0.15) is 11.9 Å². The first-order chi connectivity index (χ1) is 9.61. The Morgan fingerprint density at radius 2 is 2.15 bits per heavy atom. The van der Waals surface area contributed by atoms with Crippen LogP contribution in [0.1, 0.15) is 24.1 Å². The molecule has 106 valence electrons. The van der Waals surface area contributed by atoms with E-state index in [9.17, 15) is 0 Å². The van der Waals surface area contributed by atoms with Crippen LogP contribution in [0.4, 0.5) is 0 Å². The molecule has 0 aliphatic carbocycles. The summed E-state index contributed by atoms with van der Waals surface area (Å²) >= 11 is 5.95. The molecule has 2 rings (SSSR count). The van der Waals surface area contributed by atoms with E-state index in [1.807, 2.05) is 38.1 Å². The highest BCUT2D eigenvalue weighted by Crippen LogP contribution is 2.24. The van der Waals surface area contributed by atoms with Gasteiger partial charge in [-0.15, -0.1) is 0 Å². The summed E-state index contributed by atoms with van der Waals surface area (Å²) in [6.45, 7) is 3.98. The van der Waals surface area contributed by atoms with E-state index in [1.54, 1.807) is 18.5 Å². The standard InChI is InChI=1S/C15H18ClN3O/c1-10-6-7-18-9-14(10)15(19-17)11(2)20-13-5-3-4-12(16)8-13/h3-9,11,15,19H,17H2,1-2H3. The lowest BCUT2D eigenvalue weighted by Crippen LogP contribution is -2.38. The highest BCUT2D eigenvalue weighted by Gasteiger charge is 2.21. The number of nitrogens with zero attached hydrogens (tertiary/aromatic N) is 1. The third kappa shape index (κ3) is 3.48. The van der Waals surface area contributed by atoms with Crippen LogP contribution in [0.25, 0.3) is 0 Å². The maximum absolute atomic E-state index is 5.95. The molecule has 0 saturated carbocycles. The van der Waals surface area contributed by atoms with Crippen molar-refractivity contribution in [2.24, 2.45) is 5.84 Å². The van der Waals surface area contributed by atoms with Crippen LogP contribution in [0.2, 0.25) is 5.02 Å². The van der Waals surface area contributed by atoms with E-state index in [2.05, 4.69) is 10.4 Å². The Morgan fingerprint density at radius 1 is 1.35 bits per heavy atom. The van der Waals surface area contributed by atoms with E-state index in [4.69, 9.17) is 22.2 Å². The summed E-state index contributed by atoms with van der Waals surface area (Å²) in [6, 6.07) is 9.11. The van der Waals surface area contributed by atoms with E-state index in [1.165, 1.54) is 0 Å². The van der Waals surface area contributed by atoms with Crippen LogP contribution >= 0.6 is 11.6 Å². The highest BCUT2D eigenvalue weighted by atomic mass is 35.5. The normalized spacial score (nSPS) is 13.8. The topological polar surface area (TPSA) is 60.2 Å². The molecule has 2 unspecified atom stereocenters. The molecule has 4 nitrogen and oxygen atoms in total. The molecule has 1 aromatic heterocycles. The number of hydrazine groups is 1. The zero-order valence-electron chi connectivity index (χ0n) is 11.5. The van der Waals surface area contributed by atoms with E-state index in [-0.39, 0.29) is 12.1 Å². The predicted octanol–water partition coefficient (Wildman–Crippen LogP) is 3.02. The zero-order chi connectivity index (χ0) is 14.5. The van der Waals surface area contributed by atoms with Gasteiger partial charge in [0.2, 0.25) is 0 Å². The number of hydrogen-bond donors (Lipinski definition) is 2.